The summed E-state index contributed by atoms with van der Waals surface area (Å²) in [4.78, 5) is 37.1. The van der Waals surface area contributed by atoms with Crippen molar-refractivity contribution in [2.45, 2.75) is 37.9 Å². The number of carbonyl (C=O) groups excluding carboxylic acids is 3. The summed E-state index contributed by atoms with van der Waals surface area (Å²) >= 11 is 0. The van der Waals surface area contributed by atoms with Gasteiger partial charge in [-0.3, -0.25) is 20.2 Å². The minimum absolute atomic E-state index is 0.0118. The van der Waals surface area contributed by atoms with E-state index in [4.69, 9.17) is 18.6 Å². The van der Waals surface area contributed by atoms with E-state index in [-0.39, 0.29) is 18.3 Å². The van der Waals surface area contributed by atoms with Crippen molar-refractivity contribution < 1.29 is 33.0 Å². The Kier molecular flexibility index (Phi) is 5.91. The molecule has 2 aliphatic heterocycles. The number of hydrogen-bond acceptors (Lipinski definition) is 9. The summed E-state index contributed by atoms with van der Waals surface area (Å²) in [7, 11) is 0. The van der Waals surface area contributed by atoms with Gasteiger partial charge in [0.2, 0.25) is 11.8 Å². The summed E-state index contributed by atoms with van der Waals surface area (Å²) in [5.74, 6) is 0.618. The number of nitrogens with one attached hydrogen (secondary N) is 2. The summed E-state index contributed by atoms with van der Waals surface area (Å²) in [6, 6.07) is 12.7. The molecule has 2 fully saturated rings. The maximum absolute atomic E-state index is 12.8. The molecule has 0 aliphatic carbocycles. The summed E-state index contributed by atoms with van der Waals surface area (Å²) < 4.78 is 22.8. The van der Waals surface area contributed by atoms with E-state index >= 15 is 0 Å². The number of amides is 4. The largest absolute Gasteiger partial charge is 0.467 e. The molecular weight excluding hydrogens is 456 g/mol. The molecule has 180 valence electrons. The zero-order valence-electron chi connectivity index (χ0n) is 18.8. The van der Waals surface area contributed by atoms with Gasteiger partial charge in [-0.05, 0) is 61.4 Å². The van der Waals surface area contributed by atoms with Gasteiger partial charge in [0.15, 0.2) is 0 Å². The molecule has 0 radical (unpaired) electrons. The van der Waals surface area contributed by atoms with Gasteiger partial charge < -0.3 is 18.6 Å². The predicted molar refractivity (Wildman–Crippen MR) is 120 cm³/mol. The first-order chi connectivity index (χ1) is 16.9. The number of barbiturate groups is 1. The number of ether oxygens (including phenoxy) is 3. The monoisotopic (exact) mass is 478 g/mol. The van der Waals surface area contributed by atoms with Crippen LogP contribution in [0.25, 0.3) is 11.5 Å². The van der Waals surface area contributed by atoms with Gasteiger partial charge in [0, 0.05) is 25.5 Å². The van der Waals surface area contributed by atoms with Crippen molar-refractivity contribution in [2.75, 3.05) is 6.61 Å². The van der Waals surface area contributed by atoms with Crippen LogP contribution in [0, 0.1) is 6.92 Å². The number of carbonyl (C=O) groups is 3. The molecular formula is C24H22N4O7. The van der Waals surface area contributed by atoms with Crippen molar-refractivity contribution in [1.82, 2.24) is 20.8 Å². The molecule has 4 amide bonds. The molecule has 1 atom stereocenters. The average Bonchev–Trinajstić information content (AvgIpc) is 3.51. The highest BCUT2D eigenvalue weighted by Gasteiger charge is 2.54. The number of nitrogens with zero attached hydrogens (tertiary/aromatic N) is 2. The van der Waals surface area contributed by atoms with E-state index in [0.29, 0.717) is 36.3 Å². The number of aryl methyl sites for hydroxylation is 1. The van der Waals surface area contributed by atoms with E-state index in [2.05, 4.69) is 20.8 Å². The molecule has 3 aromatic rings. The standard InChI is InChI=1S/C24H22N4O7/c1-14-27-28-20(33-14)15-4-6-16(7-5-15)34-17-8-10-18(11-9-17)35-24(13-19-3-2-12-32-19)21(29)25-23(31)26-22(24)30/h4-11,19H,2-3,12-13H2,1H3,(H2,25,26,29,30,31). The third-order valence-corrected chi connectivity index (χ3v) is 5.71. The highest BCUT2D eigenvalue weighted by atomic mass is 16.5. The lowest BCUT2D eigenvalue weighted by molar-refractivity contribution is -0.154. The van der Waals surface area contributed by atoms with E-state index in [9.17, 15) is 14.4 Å². The van der Waals surface area contributed by atoms with E-state index in [0.717, 1.165) is 12.0 Å². The molecule has 1 aromatic heterocycles. The molecule has 0 bridgehead atoms. The molecule has 2 saturated heterocycles. The average molecular weight is 478 g/mol. The lowest BCUT2D eigenvalue weighted by atomic mass is 9.91. The van der Waals surface area contributed by atoms with E-state index in [1.54, 1.807) is 55.5 Å². The molecule has 11 nitrogen and oxygen atoms in total. The number of imide groups is 2. The van der Waals surface area contributed by atoms with Crippen LogP contribution >= 0.6 is 0 Å². The fourth-order valence-electron chi connectivity index (χ4n) is 3.98. The van der Waals surface area contributed by atoms with Crippen LogP contribution in [-0.2, 0) is 14.3 Å². The van der Waals surface area contributed by atoms with Crippen LogP contribution in [0.3, 0.4) is 0 Å². The van der Waals surface area contributed by atoms with Crippen LogP contribution in [0.4, 0.5) is 4.79 Å². The van der Waals surface area contributed by atoms with E-state index < -0.39 is 23.4 Å². The zero-order valence-corrected chi connectivity index (χ0v) is 18.8. The first kappa shape index (κ1) is 22.5. The summed E-state index contributed by atoms with van der Waals surface area (Å²) in [5.41, 5.74) is -1.16. The first-order valence-electron chi connectivity index (χ1n) is 11.1. The molecule has 0 spiro atoms. The molecule has 11 heteroatoms. The van der Waals surface area contributed by atoms with Crippen LogP contribution in [0.5, 0.6) is 17.2 Å². The van der Waals surface area contributed by atoms with Crippen molar-refractivity contribution in [3.8, 4) is 28.7 Å². The topological polar surface area (TPSA) is 142 Å². The number of hydrogen-bond donors (Lipinski definition) is 2. The zero-order chi connectivity index (χ0) is 24.4. The van der Waals surface area contributed by atoms with Gasteiger partial charge in [0.1, 0.15) is 17.2 Å². The Labute approximate surface area is 199 Å². The Balaban J connectivity index is 1.30. The SMILES string of the molecule is Cc1nnc(-c2ccc(Oc3ccc(OC4(CC5CCCO5)C(=O)NC(=O)NC4=O)cc3)cc2)o1. The molecule has 0 saturated carbocycles. The van der Waals surface area contributed by atoms with Gasteiger partial charge in [0.25, 0.3) is 17.4 Å². The highest BCUT2D eigenvalue weighted by Crippen LogP contribution is 2.32. The maximum atomic E-state index is 12.8. The van der Waals surface area contributed by atoms with Gasteiger partial charge in [-0.25, -0.2) is 4.79 Å². The quantitative estimate of drug-likeness (QED) is 0.490. The predicted octanol–water partition coefficient (Wildman–Crippen LogP) is 2.89. The summed E-state index contributed by atoms with van der Waals surface area (Å²) in [6.07, 6.45) is 1.17. The van der Waals surface area contributed by atoms with Gasteiger partial charge in [0.05, 0.1) is 6.10 Å². The van der Waals surface area contributed by atoms with Crippen LogP contribution in [-0.4, -0.2) is 46.4 Å². The van der Waals surface area contributed by atoms with E-state index in [1.165, 1.54) is 0 Å². The Morgan fingerprint density at radius 2 is 1.57 bits per heavy atom. The van der Waals surface area contributed by atoms with Gasteiger partial charge in [-0.15, -0.1) is 10.2 Å². The van der Waals surface area contributed by atoms with Crippen LogP contribution in [0.1, 0.15) is 25.2 Å². The van der Waals surface area contributed by atoms with Gasteiger partial charge in [-0.2, -0.15) is 0 Å². The van der Waals surface area contributed by atoms with Gasteiger partial charge >= 0.3 is 6.03 Å². The van der Waals surface area contributed by atoms with Crippen molar-refractivity contribution in [2.24, 2.45) is 0 Å². The molecule has 5 rings (SSSR count). The highest BCUT2D eigenvalue weighted by molar-refractivity contribution is 6.21. The lowest BCUT2D eigenvalue weighted by Gasteiger charge is -2.35. The number of rotatable bonds is 7. The van der Waals surface area contributed by atoms with Crippen LogP contribution in [0.15, 0.2) is 52.9 Å². The molecule has 2 N–H and O–H groups in total. The first-order valence-corrected chi connectivity index (χ1v) is 11.1. The molecule has 2 aliphatic rings. The number of aromatic nitrogens is 2. The van der Waals surface area contributed by atoms with Crippen LogP contribution in [0.2, 0.25) is 0 Å². The Hall–Kier alpha value is -4.25. The van der Waals surface area contributed by atoms with Crippen molar-refractivity contribution in [3.05, 3.63) is 54.4 Å². The molecule has 3 heterocycles. The normalized spacial score (nSPS) is 19.2. The molecule has 2 aromatic carbocycles. The summed E-state index contributed by atoms with van der Waals surface area (Å²) in [5, 5.41) is 12.1. The second-order valence-corrected chi connectivity index (χ2v) is 8.23. The smallest absolute Gasteiger partial charge is 0.328 e. The molecule has 1 unspecified atom stereocenters. The fourth-order valence-corrected chi connectivity index (χ4v) is 3.98. The minimum atomic E-state index is -1.92. The van der Waals surface area contributed by atoms with E-state index in [1.807, 2.05) is 0 Å². The van der Waals surface area contributed by atoms with Crippen molar-refractivity contribution in [1.29, 1.82) is 0 Å². The third-order valence-electron chi connectivity index (χ3n) is 5.71. The fraction of sp³-hybridized carbons (Fsp3) is 0.292. The molecule has 35 heavy (non-hydrogen) atoms. The number of benzene rings is 2. The number of urea groups is 1. The lowest BCUT2D eigenvalue weighted by Crippen LogP contribution is -2.69. The Morgan fingerprint density at radius 3 is 2.14 bits per heavy atom. The van der Waals surface area contributed by atoms with Gasteiger partial charge in [-0.1, -0.05) is 0 Å². The van der Waals surface area contributed by atoms with Crippen molar-refractivity contribution >= 4 is 17.8 Å². The minimum Gasteiger partial charge on any atom is -0.467 e. The Bertz CT molecular complexity index is 1230. The van der Waals surface area contributed by atoms with Crippen molar-refractivity contribution in [3.63, 3.8) is 0 Å². The third kappa shape index (κ3) is 4.71. The maximum Gasteiger partial charge on any atom is 0.328 e. The van der Waals surface area contributed by atoms with Crippen LogP contribution < -0.4 is 20.1 Å². The Morgan fingerprint density at radius 1 is 0.943 bits per heavy atom. The second kappa shape index (κ2) is 9.18. The second-order valence-electron chi connectivity index (χ2n) is 8.23. The summed E-state index contributed by atoms with van der Waals surface area (Å²) in [6.45, 7) is 2.27.